The van der Waals surface area contributed by atoms with E-state index >= 15 is 0 Å². The van der Waals surface area contributed by atoms with E-state index in [9.17, 15) is 4.79 Å². The second kappa shape index (κ2) is 8.48. The summed E-state index contributed by atoms with van der Waals surface area (Å²) in [4.78, 5) is 14.2. The number of likely N-dealkylation sites (tertiary alicyclic amines) is 1. The van der Waals surface area contributed by atoms with E-state index in [4.69, 9.17) is 13.9 Å². The number of ether oxygens (including phenoxy) is 2. The Morgan fingerprint density at radius 2 is 2.00 bits per heavy atom. The van der Waals surface area contributed by atoms with Crippen LogP contribution >= 0.6 is 15.9 Å². The van der Waals surface area contributed by atoms with E-state index in [0.717, 1.165) is 22.0 Å². The van der Waals surface area contributed by atoms with Crippen LogP contribution in [-0.4, -0.2) is 35.8 Å². The summed E-state index contributed by atoms with van der Waals surface area (Å²) in [6.45, 7) is 7.28. The first-order valence-electron chi connectivity index (χ1n) is 9.18. The second-order valence-electron chi connectivity index (χ2n) is 7.85. The van der Waals surface area contributed by atoms with Crippen LogP contribution in [-0.2, 0) is 16.1 Å². The first kappa shape index (κ1) is 20.0. The fourth-order valence-corrected chi connectivity index (χ4v) is 3.49. The van der Waals surface area contributed by atoms with E-state index in [0.29, 0.717) is 19.7 Å². The Labute approximate surface area is 168 Å². The fourth-order valence-electron chi connectivity index (χ4n) is 3.23. The molecule has 0 saturated carbocycles. The molecule has 0 N–H and O–H groups in total. The van der Waals surface area contributed by atoms with E-state index in [2.05, 4.69) is 15.9 Å². The maximum Gasteiger partial charge on any atom is 0.410 e. The van der Waals surface area contributed by atoms with Crippen LogP contribution in [0.15, 0.2) is 51.7 Å². The molecule has 1 amide bonds. The summed E-state index contributed by atoms with van der Waals surface area (Å²) in [5.74, 6) is 0.192. The minimum absolute atomic E-state index is 0.118. The second-order valence-corrected chi connectivity index (χ2v) is 8.77. The topological polar surface area (TPSA) is 51.9 Å². The van der Waals surface area contributed by atoms with Crippen LogP contribution in [0.4, 0.5) is 4.79 Å². The van der Waals surface area contributed by atoms with Gasteiger partial charge >= 0.3 is 6.09 Å². The minimum atomic E-state index is -0.508. The van der Waals surface area contributed by atoms with Crippen molar-refractivity contribution < 1.29 is 18.7 Å². The molecule has 2 atom stereocenters. The minimum Gasteiger partial charge on any atom is -0.472 e. The van der Waals surface area contributed by atoms with Gasteiger partial charge in [0.15, 0.2) is 0 Å². The first-order valence-corrected chi connectivity index (χ1v) is 9.97. The molecule has 0 radical (unpaired) electrons. The summed E-state index contributed by atoms with van der Waals surface area (Å²) in [7, 11) is 0. The van der Waals surface area contributed by atoms with Gasteiger partial charge in [0.2, 0.25) is 0 Å². The van der Waals surface area contributed by atoms with Gasteiger partial charge in [-0.2, -0.15) is 0 Å². The third-order valence-corrected chi connectivity index (χ3v) is 5.09. The number of carbonyl (C=O) groups excluding carboxylic acids is 1. The van der Waals surface area contributed by atoms with Crippen molar-refractivity contribution in [2.24, 2.45) is 0 Å². The molecule has 1 saturated heterocycles. The number of benzene rings is 1. The number of nitrogens with zero attached hydrogens (tertiary/aromatic N) is 1. The number of amides is 1. The maximum atomic E-state index is 12.5. The summed E-state index contributed by atoms with van der Waals surface area (Å²) in [6, 6.07) is 10.0. The van der Waals surface area contributed by atoms with Crippen molar-refractivity contribution in [2.75, 3.05) is 13.1 Å². The standard InChI is InChI=1S/C21H26BrNO4/c1-21(2,3)27-20(24)23-10-8-18(16-9-11-25-14-16)19(12-23)26-13-15-4-6-17(22)7-5-15/h4-7,9,11,14,18-19H,8,10,12-13H2,1-3H3/t18-,19+/m1/s1. The smallest absolute Gasteiger partial charge is 0.410 e. The highest BCUT2D eigenvalue weighted by Gasteiger charge is 2.35. The molecule has 1 fully saturated rings. The highest BCUT2D eigenvalue weighted by Crippen LogP contribution is 2.32. The van der Waals surface area contributed by atoms with Crippen LogP contribution in [0.25, 0.3) is 0 Å². The van der Waals surface area contributed by atoms with Crippen LogP contribution in [0, 0.1) is 0 Å². The van der Waals surface area contributed by atoms with Crippen LogP contribution < -0.4 is 0 Å². The molecule has 0 aliphatic carbocycles. The van der Waals surface area contributed by atoms with Crippen molar-refractivity contribution in [3.63, 3.8) is 0 Å². The molecule has 0 spiro atoms. The molecule has 1 aromatic carbocycles. The lowest BCUT2D eigenvalue weighted by Gasteiger charge is -2.38. The van der Waals surface area contributed by atoms with E-state index in [1.807, 2.05) is 51.1 Å². The summed E-state index contributed by atoms with van der Waals surface area (Å²) >= 11 is 3.45. The molecule has 2 heterocycles. The highest BCUT2D eigenvalue weighted by molar-refractivity contribution is 9.10. The van der Waals surface area contributed by atoms with Crippen molar-refractivity contribution in [1.29, 1.82) is 0 Å². The molecule has 1 aliphatic rings. The van der Waals surface area contributed by atoms with Gasteiger partial charge in [-0.25, -0.2) is 4.79 Å². The van der Waals surface area contributed by atoms with Gasteiger partial charge in [0.1, 0.15) is 5.60 Å². The molecule has 1 aliphatic heterocycles. The largest absolute Gasteiger partial charge is 0.472 e. The zero-order valence-electron chi connectivity index (χ0n) is 16.0. The molecule has 3 rings (SSSR count). The van der Waals surface area contributed by atoms with Crippen molar-refractivity contribution in [2.45, 2.75) is 51.4 Å². The Kier molecular flexibility index (Phi) is 6.27. The lowest BCUT2D eigenvalue weighted by atomic mass is 9.88. The van der Waals surface area contributed by atoms with Crippen LogP contribution in [0.1, 0.15) is 44.2 Å². The zero-order chi connectivity index (χ0) is 19.4. The van der Waals surface area contributed by atoms with Crippen molar-refractivity contribution in [3.8, 4) is 0 Å². The number of hydrogen-bond acceptors (Lipinski definition) is 4. The molecule has 0 bridgehead atoms. The van der Waals surface area contributed by atoms with Gasteiger partial charge < -0.3 is 18.8 Å². The van der Waals surface area contributed by atoms with Crippen LogP contribution in [0.3, 0.4) is 0 Å². The Balaban J connectivity index is 1.69. The number of piperidine rings is 1. The van der Waals surface area contributed by atoms with Gasteiger partial charge in [-0.15, -0.1) is 0 Å². The molecule has 2 aromatic rings. The molecule has 146 valence electrons. The number of halogens is 1. The van der Waals surface area contributed by atoms with Gasteiger partial charge in [0, 0.05) is 16.9 Å². The third-order valence-electron chi connectivity index (χ3n) is 4.56. The third kappa shape index (κ3) is 5.59. The van der Waals surface area contributed by atoms with E-state index in [-0.39, 0.29) is 18.1 Å². The summed E-state index contributed by atoms with van der Waals surface area (Å²) < 4.78 is 18.1. The number of rotatable bonds is 4. The molecule has 27 heavy (non-hydrogen) atoms. The predicted octanol–water partition coefficient (Wildman–Crippen LogP) is 5.35. The zero-order valence-corrected chi connectivity index (χ0v) is 17.6. The maximum absolute atomic E-state index is 12.5. The van der Waals surface area contributed by atoms with Crippen molar-refractivity contribution in [3.05, 3.63) is 58.5 Å². The Morgan fingerprint density at radius 3 is 2.63 bits per heavy atom. The number of furan rings is 1. The average molecular weight is 436 g/mol. The highest BCUT2D eigenvalue weighted by atomic mass is 79.9. The monoisotopic (exact) mass is 435 g/mol. The summed E-state index contributed by atoms with van der Waals surface area (Å²) in [5.41, 5.74) is 1.70. The predicted molar refractivity (Wildman–Crippen MR) is 107 cm³/mol. The Hall–Kier alpha value is -1.79. The summed E-state index contributed by atoms with van der Waals surface area (Å²) in [5, 5.41) is 0. The molecule has 0 unspecified atom stereocenters. The van der Waals surface area contributed by atoms with E-state index < -0.39 is 5.60 Å². The summed E-state index contributed by atoms with van der Waals surface area (Å²) in [6.07, 6.45) is 3.85. The lowest BCUT2D eigenvalue weighted by Crippen LogP contribution is -2.48. The van der Waals surface area contributed by atoms with Gasteiger partial charge in [-0.05, 0) is 56.5 Å². The quantitative estimate of drug-likeness (QED) is 0.648. The molecular formula is C21H26BrNO4. The first-order chi connectivity index (χ1) is 12.8. The fraction of sp³-hybridized carbons (Fsp3) is 0.476. The molecule has 5 nitrogen and oxygen atoms in total. The van der Waals surface area contributed by atoms with Gasteiger partial charge in [-0.1, -0.05) is 28.1 Å². The van der Waals surface area contributed by atoms with E-state index in [1.54, 1.807) is 17.4 Å². The molecule has 1 aromatic heterocycles. The number of hydrogen-bond donors (Lipinski definition) is 0. The molecule has 6 heteroatoms. The molecular weight excluding hydrogens is 410 g/mol. The van der Waals surface area contributed by atoms with Crippen molar-refractivity contribution in [1.82, 2.24) is 4.90 Å². The van der Waals surface area contributed by atoms with Crippen LogP contribution in [0.5, 0.6) is 0 Å². The van der Waals surface area contributed by atoms with Crippen molar-refractivity contribution >= 4 is 22.0 Å². The van der Waals surface area contributed by atoms with Crippen LogP contribution in [0.2, 0.25) is 0 Å². The average Bonchev–Trinajstić information content (AvgIpc) is 3.14. The van der Waals surface area contributed by atoms with E-state index in [1.165, 1.54) is 0 Å². The van der Waals surface area contributed by atoms with Gasteiger partial charge in [0.05, 0.1) is 31.8 Å². The lowest BCUT2D eigenvalue weighted by molar-refractivity contribution is -0.0360. The normalized spacial score (nSPS) is 20.5. The number of carbonyl (C=O) groups is 1. The Morgan fingerprint density at radius 1 is 1.26 bits per heavy atom. The van der Waals surface area contributed by atoms with Gasteiger partial charge in [0.25, 0.3) is 0 Å². The Bertz CT molecular complexity index is 737. The van der Waals surface area contributed by atoms with Gasteiger partial charge in [-0.3, -0.25) is 0 Å². The SMILES string of the molecule is CC(C)(C)OC(=O)N1CC[C@H](c2ccoc2)[C@@H](OCc2ccc(Br)cc2)C1.